The first-order chi connectivity index (χ1) is 13.0. The van der Waals surface area contributed by atoms with Gasteiger partial charge in [-0.05, 0) is 56.4 Å². The zero-order chi connectivity index (χ0) is 19.4. The summed E-state index contributed by atoms with van der Waals surface area (Å²) in [6.45, 7) is 6.24. The van der Waals surface area contributed by atoms with Crippen LogP contribution in [-0.2, 0) is 22.3 Å². The molecular weight excluding hydrogens is 364 g/mol. The molecule has 1 aromatic heterocycles. The van der Waals surface area contributed by atoms with Crippen molar-refractivity contribution in [2.24, 2.45) is 5.41 Å². The molecule has 1 fully saturated rings. The van der Waals surface area contributed by atoms with Gasteiger partial charge >= 0.3 is 12.1 Å². The minimum absolute atomic E-state index is 0.181. The van der Waals surface area contributed by atoms with Gasteiger partial charge in [-0.15, -0.1) is 11.3 Å². The number of hydrogen-bond donors (Lipinski definition) is 1. The zero-order valence-electron chi connectivity index (χ0n) is 16.3. The molecule has 27 heavy (non-hydrogen) atoms. The van der Waals surface area contributed by atoms with E-state index in [0.717, 1.165) is 63.6 Å². The number of fused-ring (bicyclic) bond motifs is 1. The van der Waals surface area contributed by atoms with Crippen molar-refractivity contribution in [3.63, 3.8) is 0 Å². The lowest BCUT2D eigenvalue weighted by atomic mass is 9.68. The Hall–Kier alpha value is -1.76. The largest absolute Gasteiger partial charge is 0.462 e. The van der Waals surface area contributed by atoms with Gasteiger partial charge in [0.15, 0.2) is 0 Å². The number of likely N-dealkylation sites (tertiary alicyclic amines) is 1. The molecule has 2 heterocycles. The van der Waals surface area contributed by atoms with Crippen molar-refractivity contribution in [3.05, 3.63) is 16.0 Å². The fourth-order valence-corrected chi connectivity index (χ4v) is 5.45. The number of anilines is 1. The fourth-order valence-electron chi connectivity index (χ4n) is 4.17. The Labute approximate surface area is 165 Å². The van der Waals surface area contributed by atoms with Crippen molar-refractivity contribution in [1.82, 2.24) is 4.90 Å². The predicted octanol–water partition coefficient (Wildman–Crippen LogP) is 4.01. The smallest absolute Gasteiger partial charge is 0.409 e. The van der Waals surface area contributed by atoms with E-state index >= 15 is 0 Å². The summed E-state index contributed by atoms with van der Waals surface area (Å²) >= 11 is 1.53. The molecule has 1 saturated heterocycles. The van der Waals surface area contributed by atoms with Crippen LogP contribution in [0, 0.1) is 5.41 Å². The molecule has 0 radical (unpaired) electrons. The highest BCUT2D eigenvalue weighted by atomic mass is 32.1. The van der Waals surface area contributed by atoms with Gasteiger partial charge in [0.25, 0.3) is 0 Å². The molecule has 0 saturated carbocycles. The summed E-state index contributed by atoms with van der Waals surface area (Å²) < 4.78 is 10.5. The molecule has 0 atom stereocenters. The van der Waals surface area contributed by atoms with Crippen LogP contribution in [0.25, 0.3) is 0 Å². The molecule has 150 valence electrons. The summed E-state index contributed by atoms with van der Waals surface area (Å²) in [5, 5.41) is 0.576. The van der Waals surface area contributed by atoms with Crippen molar-refractivity contribution in [2.75, 3.05) is 32.0 Å². The van der Waals surface area contributed by atoms with Crippen LogP contribution in [0.4, 0.5) is 9.80 Å². The van der Waals surface area contributed by atoms with Gasteiger partial charge in [-0.1, -0.05) is 13.3 Å². The van der Waals surface area contributed by atoms with Crippen LogP contribution in [0.3, 0.4) is 0 Å². The maximum Gasteiger partial charge on any atom is 0.409 e. The van der Waals surface area contributed by atoms with E-state index in [0.29, 0.717) is 23.8 Å². The van der Waals surface area contributed by atoms with Crippen LogP contribution in [0.15, 0.2) is 0 Å². The summed E-state index contributed by atoms with van der Waals surface area (Å²) in [4.78, 5) is 27.5. The van der Waals surface area contributed by atoms with Gasteiger partial charge in [0.1, 0.15) is 5.00 Å². The second-order valence-corrected chi connectivity index (χ2v) is 8.73. The molecule has 6 nitrogen and oxygen atoms in total. The molecule has 1 spiro atoms. The number of nitrogens with zero attached hydrogens (tertiary/aromatic N) is 1. The molecule has 1 aliphatic carbocycles. The number of esters is 1. The first kappa shape index (κ1) is 20.0. The van der Waals surface area contributed by atoms with Crippen molar-refractivity contribution in [1.29, 1.82) is 0 Å². The first-order valence-electron chi connectivity index (χ1n) is 9.98. The Balaban J connectivity index is 1.63. The summed E-state index contributed by atoms with van der Waals surface area (Å²) in [7, 11) is 0. The standard InChI is InChI=1S/C20H30N2O4S/c1-3-5-12-26-19(24)22-10-8-20(9-11-22)7-6-14-15(13-20)27-17(21)16(14)18(23)25-4-2/h3-13,21H2,1-2H3. The summed E-state index contributed by atoms with van der Waals surface area (Å²) in [6, 6.07) is 0. The molecule has 7 heteroatoms. The average Bonchev–Trinajstić information content (AvgIpc) is 2.97. The van der Waals surface area contributed by atoms with Crippen LogP contribution >= 0.6 is 11.3 Å². The average molecular weight is 395 g/mol. The molecule has 1 amide bonds. The topological polar surface area (TPSA) is 81.9 Å². The van der Waals surface area contributed by atoms with Crippen molar-refractivity contribution in [2.45, 2.75) is 58.8 Å². The Morgan fingerprint density at radius 2 is 1.93 bits per heavy atom. The summed E-state index contributed by atoms with van der Waals surface area (Å²) in [5.74, 6) is -0.298. The van der Waals surface area contributed by atoms with Gasteiger partial charge < -0.3 is 20.1 Å². The number of hydrogen-bond acceptors (Lipinski definition) is 6. The Bertz CT molecular complexity index is 692. The van der Waals surface area contributed by atoms with E-state index in [1.165, 1.54) is 16.2 Å². The Morgan fingerprint density at radius 3 is 2.59 bits per heavy atom. The third-order valence-corrected chi connectivity index (χ3v) is 6.91. The summed E-state index contributed by atoms with van der Waals surface area (Å²) in [6.07, 6.45) is 6.53. The van der Waals surface area contributed by atoms with Crippen LogP contribution in [0.5, 0.6) is 0 Å². The third-order valence-electron chi connectivity index (χ3n) is 5.84. The fraction of sp³-hybridized carbons (Fsp3) is 0.700. The van der Waals surface area contributed by atoms with Crippen LogP contribution in [-0.4, -0.2) is 43.3 Å². The van der Waals surface area contributed by atoms with Crippen LogP contribution < -0.4 is 5.73 Å². The highest BCUT2D eigenvalue weighted by Crippen LogP contribution is 2.48. The molecule has 0 aromatic carbocycles. The van der Waals surface area contributed by atoms with Gasteiger partial charge in [0.05, 0.1) is 18.8 Å². The van der Waals surface area contributed by atoms with Gasteiger partial charge in [0.2, 0.25) is 0 Å². The number of carbonyl (C=O) groups is 2. The highest BCUT2D eigenvalue weighted by molar-refractivity contribution is 7.16. The van der Waals surface area contributed by atoms with Crippen LogP contribution in [0.1, 0.15) is 66.8 Å². The maximum atomic E-state index is 12.2. The Kier molecular flexibility index (Phi) is 6.29. The van der Waals surface area contributed by atoms with E-state index in [1.807, 2.05) is 11.8 Å². The number of unbranched alkanes of at least 4 members (excludes halogenated alkanes) is 1. The van der Waals surface area contributed by atoms with Crippen molar-refractivity contribution in [3.8, 4) is 0 Å². The molecule has 1 aromatic rings. The molecule has 3 rings (SSSR count). The molecular formula is C20H30N2O4S. The second-order valence-electron chi connectivity index (χ2n) is 7.60. The number of thiophene rings is 1. The van der Waals surface area contributed by atoms with E-state index in [1.54, 1.807) is 0 Å². The Morgan fingerprint density at radius 1 is 1.19 bits per heavy atom. The number of amides is 1. The number of rotatable bonds is 5. The van der Waals surface area contributed by atoms with Gasteiger partial charge in [-0.25, -0.2) is 9.59 Å². The number of nitrogen functional groups attached to an aromatic ring is 1. The minimum atomic E-state index is -0.298. The summed E-state index contributed by atoms with van der Waals surface area (Å²) in [5.41, 5.74) is 8.02. The maximum absolute atomic E-state index is 12.2. The number of piperidine rings is 1. The van der Waals surface area contributed by atoms with Gasteiger partial charge in [0, 0.05) is 18.0 Å². The lowest BCUT2D eigenvalue weighted by Crippen LogP contribution is -2.45. The number of nitrogens with two attached hydrogens (primary N) is 1. The monoisotopic (exact) mass is 394 g/mol. The van der Waals surface area contributed by atoms with Crippen molar-refractivity contribution < 1.29 is 19.1 Å². The normalized spacial score (nSPS) is 18.2. The SMILES string of the molecule is CCCCOC(=O)N1CCC2(CCc3c(sc(N)c3C(=O)OCC)C2)CC1. The number of carbonyl (C=O) groups excluding carboxylic acids is 2. The van der Waals surface area contributed by atoms with E-state index in [2.05, 4.69) is 6.92 Å². The molecule has 2 aliphatic rings. The number of ether oxygens (including phenoxy) is 2. The minimum Gasteiger partial charge on any atom is -0.462 e. The van der Waals surface area contributed by atoms with E-state index in [9.17, 15) is 9.59 Å². The van der Waals surface area contributed by atoms with Crippen molar-refractivity contribution >= 4 is 28.4 Å². The van der Waals surface area contributed by atoms with E-state index in [4.69, 9.17) is 15.2 Å². The highest BCUT2D eigenvalue weighted by Gasteiger charge is 2.41. The van der Waals surface area contributed by atoms with Crippen LogP contribution in [0.2, 0.25) is 0 Å². The zero-order valence-corrected chi connectivity index (χ0v) is 17.2. The quantitative estimate of drug-likeness (QED) is 0.603. The second kappa shape index (κ2) is 8.50. The molecule has 0 unspecified atom stereocenters. The molecule has 1 aliphatic heterocycles. The predicted molar refractivity (Wildman–Crippen MR) is 106 cm³/mol. The first-order valence-corrected chi connectivity index (χ1v) is 10.8. The molecule has 0 bridgehead atoms. The lowest BCUT2D eigenvalue weighted by molar-refractivity contribution is 0.0516. The molecule has 2 N–H and O–H groups in total. The van der Waals surface area contributed by atoms with E-state index < -0.39 is 0 Å². The van der Waals surface area contributed by atoms with Gasteiger partial charge in [-0.2, -0.15) is 0 Å². The third kappa shape index (κ3) is 4.23. The van der Waals surface area contributed by atoms with E-state index in [-0.39, 0.29) is 17.5 Å². The lowest BCUT2D eigenvalue weighted by Gasteiger charge is -2.43. The van der Waals surface area contributed by atoms with Gasteiger partial charge in [-0.3, -0.25) is 0 Å².